The van der Waals surface area contributed by atoms with Gasteiger partial charge in [-0.15, -0.1) is 0 Å². The molecule has 1 fully saturated rings. The van der Waals surface area contributed by atoms with E-state index in [0.717, 1.165) is 16.8 Å². The highest BCUT2D eigenvalue weighted by molar-refractivity contribution is 5.93. The molecule has 148 valence electrons. The van der Waals surface area contributed by atoms with Crippen molar-refractivity contribution in [2.45, 2.75) is 33.6 Å². The van der Waals surface area contributed by atoms with Crippen LogP contribution in [0, 0.1) is 26.7 Å². The van der Waals surface area contributed by atoms with Crippen LogP contribution < -0.4 is 10.1 Å². The van der Waals surface area contributed by atoms with Crippen LogP contribution in [0.3, 0.4) is 0 Å². The normalized spacial score (nSPS) is 14.6. The number of benzene rings is 2. The summed E-state index contributed by atoms with van der Waals surface area (Å²) in [6.45, 7) is 7.24. The zero-order valence-corrected chi connectivity index (χ0v) is 16.8. The molecule has 1 heterocycles. The summed E-state index contributed by atoms with van der Waals surface area (Å²) in [6, 6.07) is 13.7. The molecule has 0 spiro atoms. The van der Waals surface area contributed by atoms with E-state index in [4.69, 9.17) is 4.74 Å². The van der Waals surface area contributed by atoms with E-state index in [9.17, 15) is 9.59 Å². The lowest BCUT2D eigenvalue weighted by Gasteiger charge is -2.31. The van der Waals surface area contributed by atoms with Crippen LogP contribution in [0.1, 0.15) is 29.5 Å². The monoisotopic (exact) mass is 380 g/mol. The topological polar surface area (TPSA) is 58.6 Å². The number of anilines is 1. The van der Waals surface area contributed by atoms with Gasteiger partial charge in [-0.25, -0.2) is 0 Å². The molecule has 5 heteroatoms. The van der Waals surface area contributed by atoms with E-state index in [-0.39, 0.29) is 24.3 Å². The average molecular weight is 380 g/mol. The van der Waals surface area contributed by atoms with Crippen LogP contribution in [-0.2, 0) is 9.59 Å². The zero-order chi connectivity index (χ0) is 20.1. The maximum absolute atomic E-state index is 12.6. The third kappa shape index (κ3) is 5.12. The first-order valence-electron chi connectivity index (χ1n) is 9.78. The van der Waals surface area contributed by atoms with E-state index in [1.54, 1.807) is 4.90 Å². The average Bonchev–Trinajstić information content (AvgIpc) is 2.69. The Morgan fingerprint density at radius 3 is 2.29 bits per heavy atom. The smallest absolute Gasteiger partial charge is 0.260 e. The van der Waals surface area contributed by atoms with Gasteiger partial charge >= 0.3 is 0 Å². The Labute approximate surface area is 166 Å². The number of hydrogen-bond donors (Lipinski definition) is 1. The molecule has 0 bridgehead atoms. The van der Waals surface area contributed by atoms with E-state index in [1.807, 2.05) is 57.2 Å². The number of likely N-dealkylation sites (tertiary alicyclic amines) is 1. The van der Waals surface area contributed by atoms with Crippen LogP contribution in [0.15, 0.2) is 42.5 Å². The van der Waals surface area contributed by atoms with Crippen LogP contribution in [0.5, 0.6) is 5.75 Å². The SMILES string of the molecule is Cc1ccc(OCC(=O)N2CCC(C(=O)Nc3ccc(C)cc3C)CC2)cc1. The maximum Gasteiger partial charge on any atom is 0.260 e. The largest absolute Gasteiger partial charge is 0.484 e. The Balaban J connectivity index is 1.46. The number of nitrogens with zero attached hydrogens (tertiary/aromatic N) is 1. The Morgan fingerprint density at radius 1 is 1.00 bits per heavy atom. The van der Waals surface area contributed by atoms with Gasteiger partial charge in [-0.05, 0) is 57.4 Å². The number of amides is 2. The number of rotatable bonds is 5. The summed E-state index contributed by atoms with van der Waals surface area (Å²) in [7, 11) is 0. The maximum atomic E-state index is 12.6. The highest BCUT2D eigenvalue weighted by Gasteiger charge is 2.27. The first-order valence-corrected chi connectivity index (χ1v) is 9.78. The van der Waals surface area contributed by atoms with Crippen LogP contribution in [-0.4, -0.2) is 36.4 Å². The number of carbonyl (C=O) groups is 2. The molecule has 0 aromatic heterocycles. The van der Waals surface area contributed by atoms with Crippen LogP contribution in [0.25, 0.3) is 0 Å². The van der Waals surface area contributed by atoms with Crippen molar-refractivity contribution in [2.24, 2.45) is 5.92 Å². The number of carbonyl (C=O) groups excluding carboxylic acids is 2. The van der Waals surface area contributed by atoms with Crippen molar-refractivity contribution < 1.29 is 14.3 Å². The molecule has 2 aromatic carbocycles. The van der Waals surface area contributed by atoms with Crippen molar-refractivity contribution in [3.8, 4) is 5.75 Å². The third-order valence-corrected chi connectivity index (χ3v) is 5.24. The lowest BCUT2D eigenvalue weighted by Crippen LogP contribution is -2.43. The molecule has 1 saturated heterocycles. The fourth-order valence-electron chi connectivity index (χ4n) is 3.45. The second-order valence-corrected chi connectivity index (χ2v) is 7.56. The fourth-order valence-corrected chi connectivity index (χ4v) is 3.45. The molecule has 0 aliphatic carbocycles. The number of piperidine rings is 1. The first-order chi connectivity index (χ1) is 13.4. The van der Waals surface area contributed by atoms with Gasteiger partial charge < -0.3 is 15.0 Å². The van der Waals surface area contributed by atoms with Gasteiger partial charge in [-0.2, -0.15) is 0 Å². The Hall–Kier alpha value is -2.82. The lowest BCUT2D eigenvalue weighted by atomic mass is 9.95. The molecule has 5 nitrogen and oxygen atoms in total. The molecule has 1 N–H and O–H groups in total. The van der Waals surface area contributed by atoms with Gasteiger partial charge in [0, 0.05) is 24.7 Å². The van der Waals surface area contributed by atoms with Gasteiger partial charge in [-0.1, -0.05) is 35.4 Å². The summed E-state index contributed by atoms with van der Waals surface area (Å²) in [5.74, 6) is 0.633. The van der Waals surface area contributed by atoms with Crippen LogP contribution >= 0.6 is 0 Å². The van der Waals surface area contributed by atoms with E-state index < -0.39 is 0 Å². The molecular weight excluding hydrogens is 352 g/mol. The van der Waals surface area contributed by atoms with Crippen molar-refractivity contribution in [3.05, 3.63) is 59.2 Å². The molecule has 0 saturated carbocycles. The standard InChI is InChI=1S/C23H28N2O3/c1-16-4-7-20(8-5-16)28-15-22(26)25-12-10-19(11-13-25)23(27)24-21-9-6-17(2)14-18(21)3/h4-9,14,19H,10-13,15H2,1-3H3,(H,24,27). The van der Waals surface area contributed by atoms with Gasteiger partial charge in [-0.3, -0.25) is 9.59 Å². The molecule has 0 unspecified atom stereocenters. The van der Waals surface area contributed by atoms with Crippen molar-refractivity contribution in [1.29, 1.82) is 0 Å². The van der Waals surface area contributed by atoms with Crippen molar-refractivity contribution in [2.75, 3.05) is 25.0 Å². The van der Waals surface area contributed by atoms with Gasteiger partial charge in [0.2, 0.25) is 5.91 Å². The highest BCUT2D eigenvalue weighted by atomic mass is 16.5. The number of hydrogen-bond acceptors (Lipinski definition) is 3. The number of ether oxygens (including phenoxy) is 1. The summed E-state index contributed by atoms with van der Waals surface area (Å²) in [6.07, 6.45) is 1.35. The molecule has 2 amide bonds. The summed E-state index contributed by atoms with van der Waals surface area (Å²) in [5.41, 5.74) is 4.25. The summed E-state index contributed by atoms with van der Waals surface area (Å²) in [4.78, 5) is 26.7. The molecule has 3 rings (SSSR count). The van der Waals surface area contributed by atoms with E-state index >= 15 is 0 Å². The summed E-state index contributed by atoms with van der Waals surface area (Å²) < 4.78 is 5.58. The second-order valence-electron chi connectivity index (χ2n) is 7.56. The highest BCUT2D eigenvalue weighted by Crippen LogP contribution is 2.22. The minimum absolute atomic E-state index is 0.0302. The third-order valence-electron chi connectivity index (χ3n) is 5.24. The Morgan fingerprint density at radius 2 is 1.64 bits per heavy atom. The molecule has 0 atom stereocenters. The fraction of sp³-hybridized carbons (Fsp3) is 0.391. The molecule has 1 aliphatic rings. The van der Waals surface area contributed by atoms with Crippen LogP contribution in [0.4, 0.5) is 5.69 Å². The van der Waals surface area contributed by atoms with Gasteiger partial charge in [0.1, 0.15) is 5.75 Å². The van der Waals surface area contributed by atoms with Crippen molar-refractivity contribution in [3.63, 3.8) is 0 Å². The lowest BCUT2D eigenvalue weighted by molar-refractivity contribution is -0.136. The quantitative estimate of drug-likeness (QED) is 0.857. The molecule has 2 aromatic rings. The minimum Gasteiger partial charge on any atom is -0.484 e. The second kappa shape index (κ2) is 8.91. The zero-order valence-electron chi connectivity index (χ0n) is 16.8. The van der Waals surface area contributed by atoms with Crippen molar-refractivity contribution in [1.82, 2.24) is 4.90 Å². The number of nitrogens with one attached hydrogen (secondary N) is 1. The Kier molecular flexibility index (Phi) is 6.34. The predicted molar refractivity (Wildman–Crippen MR) is 111 cm³/mol. The molecule has 1 aliphatic heterocycles. The van der Waals surface area contributed by atoms with Crippen molar-refractivity contribution >= 4 is 17.5 Å². The Bertz CT molecular complexity index is 837. The van der Waals surface area contributed by atoms with E-state index in [2.05, 4.69) is 11.4 Å². The minimum atomic E-state index is -0.0669. The van der Waals surface area contributed by atoms with Gasteiger partial charge in [0.05, 0.1) is 0 Å². The predicted octanol–water partition coefficient (Wildman–Crippen LogP) is 3.87. The van der Waals surface area contributed by atoms with E-state index in [1.165, 1.54) is 5.56 Å². The summed E-state index contributed by atoms with van der Waals surface area (Å²) in [5, 5.41) is 3.04. The van der Waals surface area contributed by atoms with Gasteiger partial charge in [0.25, 0.3) is 5.91 Å². The summed E-state index contributed by atoms with van der Waals surface area (Å²) >= 11 is 0. The van der Waals surface area contributed by atoms with E-state index in [0.29, 0.717) is 31.7 Å². The molecular formula is C23H28N2O3. The molecule has 0 radical (unpaired) electrons. The van der Waals surface area contributed by atoms with Crippen LogP contribution in [0.2, 0.25) is 0 Å². The number of aryl methyl sites for hydroxylation is 3. The first kappa shape index (κ1) is 19.9. The van der Waals surface area contributed by atoms with Gasteiger partial charge in [0.15, 0.2) is 6.61 Å². The molecule has 28 heavy (non-hydrogen) atoms.